The molecule has 0 saturated heterocycles. The summed E-state index contributed by atoms with van der Waals surface area (Å²) in [6, 6.07) is -1.01. The van der Waals surface area contributed by atoms with Crippen molar-refractivity contribution < 1.29 is 14.7 Å². The van der Waals surface area contributed by atoms with Crippen LogP contribution in [0.4, 0.5) is 4.79 Å². The number of urea groups is 1. The van der Waals surface area contributed by atoms with Gasteiger partial charge in [0.15, 0.2) is 0 Å². The molecule has 0 radical (unpaired) electrons. The Morgan fingerprint density at radius 1 is 1.27 bits per heavy atom. The fraction of sp³-hybridized carbons (Fsp3) is 0.800. The number of carbonyl (C=O) groups excluding carboxylic acids is 1. The Morgan fingerprint density at radius 3 is 2.40 bits per heavy atom. The largest absolute Gasteiger partial charge is 0.480 e. The minimum absolute atomic E-state index is 0.208. The minimum atomic E-state index is -1.02. The quantitative estimate of drug-likeness (QED) is 0.658. The highest BCUT2D eigenvalue weighted by atomic mass is 16.4. The maximum absolute atomic E-state index is 11.3. The van der Waals surface area contributed by atoms with Crippen LogP contribution in [-0.2, 0) is 4.79 Å². The van der Waals surface area contributed by atoms with E-state index in [4.69, 9.17) is 5.11 Å². The molecule has 2 amide bonds. The molecule has 1 fully saturated rings. The van der Waals surface area contributed by atoms with Crippen LogP contribution in [0.15, 0.2) is 0 Å². The van der Waals surface area contributed by atoms with Crippen LogP contribution in [0.2, 0.25) is 0 Å². The van der Waals surface area contributed by atoms with Gasteiger partial charge in [0.25, 0.3) is 0 Å². The first kappa shape index (κ1) is 11.8. The molecule has 1 saturated carbocycles. The van der Waals surface area contributed by atoms with Crippen LogP contribution in [0, 0.1) is 0 Å². The van der Waals surface area contributed by atoms with Gasteiger partial charge in [0.2, 0.25) is 0 Å². The van der Waals surface area contributed by atoms with E-state index < -0.39 is 12.0 Å². The molecule has 0 heterocycles. The highest BCUT2D eigenvalue weighted by Gasteiger charge is 2.18. The van der Waals surface area contributed by atoms with Gasteiger partial charge in [0.1, 0.15) is 6.04 Å². The van der Waals surface area contributed by atoms with Gasteiger partial charge in [-0.15, -0.1) is 0 Å². The molecular weight excluding hydrogens is 196 g/mol. The second kappa shape index (κ2) is 5.58. The highest BCUT2D eigenvalue weighted by Crippen LogP contribution is 2.17. The van der Waals surface area contributed by atoms with E-state index in [9.17, 15) is 9.59 Å². The molecule has 0 unspecified atom stereocenters. The predicted octanol–water partition coefficient (Wildman–Crippen LogP) is 1.09. The number of carboxylic acid groups (broad SMARTS) is 1. The number of amides is 2. The van der Waals surface area contributed by atoms with Gasteiger partial charge in [-0.05, 0) is 19.8 Å². The van der Waals surface area contributed by atoms with Gasteiger partial charge >= 0.3 is 12.0 Å². The first-order valence-corrected chi connectivity index (χ1v) is 5.39. The van der Waals surface area contributed by atoms with E-state index in [2.05, 4.69) is 10.6 Å². The first-order valence-electron chi connectivity index (χ1n) is 5.39. The lowest BCUT2D eigenvalue weighted by Gasteiger charge is -2.23. The highest BCUT2D eigenvalue weighted by molar-refractivity contribution is 5.82. The Hall–Kier alpha value is -1.26. The van der Waals surface area contributed by atoms with Crippen molar-refractivity contribution in [1.29, 1.82) is 0 Å². The van der Waals surface area contributed by atoms with Crippen molar-refractivity contribution in [2.75, 3.05) is 0 Å². The van der Waals surface area contributed by atoms with Crippen LogP contribution in [0.3, 0.4) is 0 Å². The Bertz CT molecular complexity index is 237. The summed E-state index contributed by atoms with van der Waals surface area (Å²) in [6.45, 7) is 1.45. The lowest BCUT2D eigenvalue weighted by Crippen LogP contribution is -2.48. The SMILES string of the molecule is C[C@@H](NC(=O)NC1CCCCC1)C(=O)O. The molecule has 0 bridgehead atoms. The standard InChI is InChI=1S/C10H18N2O3/c1-7(9(13)14)11-10(15)12-8-5-3-2-4-6-8/h7-8H,2-6H2,1H3,(H,13,14)(H2,11,12,15)/t7-/m1/s1. The zero-order valence-corrected chi connectivity index (χ0v) is 8.95. The van der Waals surface area contributed by atoms with Crippen molar-refractivity contribution >= 4 is 12.0 Å². The first-order chi connectivity index (χ1) is 7.09. The summed E-state index contributed by atoms with van der Waals surface area (Å²) < 4.78 is 0. The van der Waals surface area contributed by atoms with E-state index in [1.807, 2.05) is 0 Å². The van der Waals surface area contributed by atoms with Crippen molar-refractivity contribution in [1.82, 2.24) is 10.6 Å². The van der Waals surface area contributed by atoms with Crippen molar-refractivity contribution in [2.45, 2.75) is 51.1 Å². The molecule has 0 aromatic carbocycles. The van der Waals surface area contributed by atoms with Crippen molar-refractivity contribution in [2.24, 2.45) is 0 Å². The maximum Gasteiger partial charge on any atom is 0.325 e. The normalized spacial score (nSPS) is 19.3. The summed E-state index contributed by atoms with van der Waals surface area (Å²) in [7, 11) is 0. The minimum Gasteiger partial charge on any atom is -0.480 e. The molecule has 1 aliphatic rings. The average Bonchev–Trinajstić information content (AvgIpc) is 2.18. The molecule has 15 heavy (non-hydrogen) atoms. The van der Waals surface area contributed by atoms with E-state index in [1.54, 1.807) is 0 Å². The molecule has 5 nitrogen and oxygen atoms in total. The zero-order valence-electron chi connectivity index (χ0n) is 8.95. The summed E-state index contributed by atoms with van der Waals surface area (Å²) in [4.78, 5) is 21.8. The second-order valence-corrected chi connectivity index (χ2v) is 4.01. The van der Waals surface area contributed by atoms with Crippen LogP contribution in [0.5, 0.6) is 0 Å². The number of rotatable bonds is 3. The predicted molar refractivity (Wildman–Crippen MR) is 55.6 cm³/mol. The third-order valence-electron chi connectivity index (χ3n) is 2.66. The van der Waals surface area contributed by atoms with Crippen LogP contribution in [-0.4, -0.2) is 29.2 Å². The van der Waals surface area contributed by atoms with Crippen molar-refractivity contribution in [3.05, 3.63) is 0 Å². The zero-order chi connectivity index (χ0) is 11.3. The number of hydrogen-bond donors (Lipinski definition) is 3. The van der Waals surface area contributed by atoms with Crippen LogP contribution < -0.4 is 10.6 Å². The van der Waals surface area contributed by atoms with E-state index in [1.165, 1.54) is 13.3 Å². The van der Waals surface area contributed by atoms with E-state index >= 15 is 0 Å². The monoisotopic (exact) mass is 214 g/mol. The summed E-state index contributed by atoms with van der Waals surface area (Å²) in [6.07, 6.45) is 5.49. The molecule has 1 rings (SSSR count). The summed E-state index contributed by atoms with van der Waals surface area (Å²) in [5.74, 6) is -1.02. The summed E-state index contributed by atoms with van der Waals surface area (Å²) >= 11 is 0. The number of carboxylic acids is 1. The molecule has 3 N–H and O–H groups in total. The molecule has 0 spiro atoms. The summed E-state index contributed by atoms with van der Waals surface area (Å²) in [5, 5.41) is 13.8. The van der Waals surface area contributed by atoms with Gasteiger partial charge in [-0.25, -0.2) is 4.79 Å². The van der Waals surface area contributed by atoms with Gasteiger partial charge in [-0.3, -0.25) is 4.79 Å². The number of nitrogens with one attached hydrogen (secondary N) is 2. The van der Waals surface area contributed by atoms with E-state index in [-0.39, 0.29) is 12.1 Å². The number of aliphatic carboxylic acids is 1. The lowest BCUT2D eigenvalue weighted by molar-refractivity contribution is -0.138. The van der Waals surface area contributed by atoms with E-state index in [0.29, 0.717) is 0 Å². The van der Waals surface area contributed by atoms with Gasteiger partial charge in [-0.1, -0.05) is 19.3 Å². The number of hydrogen-bond acceptors (Lipinski definition) is 2. The summed E-state index contributed by atoms with van der Waals surface area (Å²) in [5.41, 5.74) is 0. The molecule has 1 aliphatic carbocycles. The molecule has 1 atom stereocenters. The second-order valence-electron chi connectivity index (χ2n) is 4.01. The lowest BCUT2D eigenvalue weighted by atomic mass is 9.96. The fourth-order valence-electron chi connectivity index (χ4n) is 1.73. The van der Waals surface area contributed by atoms with Gasteiger partial charge < -0.3 is 15.7 Å². The molecular formula is C10H18N2O3. The van der Waals surface area contributed by atoms with Crippen molar-refractivity contribution in [3.8, 4) is 0 Å². The van der Waals surface area contributed by atoms with Gasteiger partial charge in [0, 0.05) is 6.04 Å². The van der Waals surface area contributed by atoms with E-state index in [0.717, 1.165) is 25.7 Å². The Balaban J connectivity index is 2.25. The van der Waals surface area contributed by atoms with Crippen LogP contribution in [0.25, 0.3) is 0 Å². The Morgan fingerprint density at radius 2 is 1.87 bits per heavy atom. The average molecular weight is 214 g/mol. The fourth-order valence-corrected chi connectivity index (χ4v) is 1.73. The molecule has 5 heteroatoms. The number of carbonyl (C=O) groups is 2. The third kappa shape index (κ3) is 4.18. The van der Waals surface area contributed by atoms with Gasteiger partial charge in [0.05, 0.1) is 0 Å². The van der Waals surface area contributed by atoms with Crippen LogP contribution >= 0.6 is 0 Å². The Labute approximate surface area is 89.2 Å². The molecule has 0 aromatic heterocycles. The van der Waals surface area contributed by atoms with Crippen LogP contribution in [0.1, 0.15) is 39.0 Å². The molecule has 0 aliphatic heterocycles. The topological polar surface area (TPSA) is 78.4 Å². The Kier molecular flexibility index (Phi) is 4.39. The van der Waals surface area contributed by atoms with Crippen molar-refractivity contribution in [3.63, 3.8) is 0 Å². The maximum atomic E-state index is 11.3. The smallest absolute Gasteiger partial charge is 0.325 e. The molecule has 0 aromatic rings. The molecule has 86 valence electrons. The van der Waals surface area contributed by atoms with Gasteiger partial charge in [-0.2, -0.15) is 0 Å². The third-order valence-corrected chi connectivity index (χ3v) is 2.66.